The van der Waals surface area contributed by atoms with Gasteiger partial charge in [-0.3, -0.25) is 0 Å². The molecule has 0 aromatic carbocycles. The Balaban J connectivity index is 2.72. The van der Waals surface area contributed by atoms with Crippen molar-refractivity contribution in [1.29, 1.82) is 0 Å². The number of carbonyl (C=O) groups excluding carboxylic acids is 1. The van der Waals surface area contributed by atoms with E-state index in [0.717, 1.165) is 0 Å². The molecule has 5 nitrogen and oxygen atoms in total. The van der Waals surface area contributed by atoms with Crippen LogP contribution in [0.5, 0.6) is 0 Å². The van der Waals surface area contributed by atoms with Gasteiger partial charge in [0.25, 0.3) is 0 Å². The minimum Gasteiger partial charge on any atom is -0.464 e. The van der Waals surface area contributed by atoms with E-state index in [1.54, 1.807) is 0 Å². The lowest BCUT2D eigenvalue weighted by molar-refractivity contribution is 0.0590. The van der Waals surface area contributed by atoms with E-state index in [-0.39, 0.29) is 6.10 Å². The third-order valence-electron chi connectivity index (χ3n) is 1.80. The standard InChI is InChI=1S/C9H14N2O3/c1-4-14-6(2)8-10-5-7(11-8)9(12)13-3/h5-6H,4H2,1-3H3,(H,10,11). The Hall–Kier alpha value is -1.36. The van der Waals surface area contributed by atoms with Gasteiger partial charge in [0, 0.05) is 6.61 Å². The number of methoxy groups -OCH3 is 1. The van der Waals surface area contributed by atoms with Crippen LogP contribution in [0.4, 0.5) is 0 Å². The Kier molecular flexibility index (Phi) is 3.64. The zero-order valence-corrected chi connectivity index (χ0v) is 8.53. The summed E-state index contributed by atoms with van der Waals surface area (Å²) in [5.74, 6) is 0.208. The first-order valence-electron chi connectivity index (χ1n) is 4.43. The molecular formula is C9H14N2O3. The van der Waals surface area contributed by atoms with Gasteiger partial charge < -0.3 is 14.5 Å². The zero-order valence-electron chi connectivity index (χ0n) is 8.53. The van der Waals surface area contributed by atoms with Crippen molar-refractivity contribution in [3.8, 4) is 0 Å². The van der Waals surface area contributed by atoms with E-state index in [9.17, 15) is 4.79 Å². The maximum Gasteiger partial charge on any atom is 0.356 e. The van der Waals surface area contributed by atoms with Crippen LogP contribution in [0.2, 0.25) is 0 Å². The molecule has 1 unspecified atom stereocenters. The van der Waals surface area contributed by atoms with E-state index < -0.39 is 5.97 Å². The molecule has 0 saturated carbocycles. The number of H-pyrrole nitrogens is 1. The van der Waals surface area contributed by atoms with Crippen molar-refractivity contribution >= 4 is 5.97 Å². The summed E-state index contributed by atoms with van der Waals surface area (Å²) in [4.78, 5) is 17.9. The molecule has 0 saturated heterocycles. The quantitative estimate of drug-likeness (QED) is 0.740. The van der Waals surface area contributed by atoms with E-state index in [4.69, 9.17) is 4.74 Å². The van der Waals surface area contributed by atoms with Crippen LogP contribution in [0.15, 0.2) is 6.20 Å². The van der Waals surface area contributed by atoms with E-state index in [0.29, 0.717) is 18.1 Å². The average molecular weight is 198 g/mol. The molecule has 78 valence electrons. The molecule has 0 aliphatic heterocycles. The van der Waals surface area contributed by atoms with Crippen molar-refractivity contribution in [3.05, 3.63) is 17.7 Å². The predicted octanol–water partition coefficient (Wildman–Crippen LogP) is 1.29. The first-order valence-corrected chi connectivity index (χ1v) is 4.43. The molecule has 1 N–H and O–H groups in total. The lowest BCUT2D eigenvalue weighted by Crippen LogP contribution is -2.04. The second kappa shape index (κ2) is 4.76. The maximum absolute atomic E-state index is 11.1. The number of nitrogens with zero attached hydrogens (tertiary/aromatic N) is 1. The minimum absolute atomic E-state index is 0.140. The fourth-order valence-electron chi connectivity index (χ4n) is 1.09. The number of esters is 1. The number of nitrogens with one attached hydrogen (secondary N) is 1. The number of hydrogen-bond acceptors (Lipinski definition) is 4. The molecule has 1 rings (SSSR count). The van der Waals surface area contributed by atoms with Gasteiger partial charge in [-0.15, -0.1) is 0 Å². The van der Waals surface area contributed by atoms with Crippen LogP contribution in [-0.4, -0.2) is 29.7 Å². The fraction of sp³-hybridized carbons (Fsp3) is 0.556. The molecule has 0 aliphatic carbocycles. The van der Waals surface area contributed by atoms with Gasteiger partial charge in [-0.1, -0.05) is 0 Å². The Morgan fingerprint density at radius 1 is 1.71 bits per heavy atom. The van der Waals surface area contributed by atoms with Crippen LogP contribution in [0.1, 0.15) is 36.3 Å². The highest BCUT2D eigenvalue weighted by Crippen LogP contribution is 2.12. The van der Waals surface area contributed by atoms with Crippen molar-refractivity contribution in [1.82, 2.24) is 9.97 Å². The van der Waals surface area contributed by atoms with Gasteiger partial charge >= 0.3 is 5.97 Å². The van der Waals surface area contributed by atoms with Gasteiger partial charge in [0.05, 0.1) is 13.3 Å². The summed E-state index contributed by atoms with van der Waals surface area (Å²) in [6.07, 6.45) is 1.30. The number of hydrogen-bond donors (Lipinski definition) is 1. The fourth-order valence-corrected chi connectivity index (χ4v) is 1.09. The van der Waals surface area contributed by atoms with Gasteiger partial charge in [0.2, 0.25) is 0 Å². The van der Waals surface area contributed by atoms with Crippen molar-refractivity contribution in [2.24, 2.45) is 0 Å². The first kappa shape index (κ1) is 10.7. The summed E-state index contributed by atoms with van der Waals surface area (Å²) in [7, 11) is 1.33. The van der Waals surface area contributed by atoms with Crippen LogP contribution >= 0.6 is 0 Å². The molecular weight excluding hydrogens is 184 g/mol. The summed E-state index contributed by atoms with van der Waals surface area (Å²) < 4.78 is 9.85. The Morgan fingerprint density at radius 3 is 3.00 bits per heavy atom. The summed E-state index contributed by atoms with van der Waals surface area (Å²) in [6.45, 7) is 4.37. The number of rotatable bonds is 4. The topological polar surface area (TPSA) is 64.2 Å². The highest BCUT2D eigenvalue weighted by atomic mass is 16.5. The molecule has 0 aliphatic rings. The van der Waals surface area contributed by atoms with Crippen LogP contribution < -0.4 is 0 Å². The predicted molar refractivity (Wildman–Crippen MR) is 50.0 cm³/mol. The van der Waals surface area contributed by atoms with Gasteiger partial charge in [-0.05, 0) is 13.8 Å². The van der Waals surface area contributed by atoms with E-state index in [2.05, 4.69) is 14.7 Å². The lowest BCUT2D eigenvalue weighted by Gasteiger charge is -2.07. The van der Waals surface area contributed by atoms with Crippen molar-refractivity contribution in [2.45, 2.75) is 20.0 Å². The Bertz CT molecular complexity index is 309. The molecule has 14 heavy (non-hydrogen) atoms. The van der Waals surface area contributed by atoms with Crippen LogP contribution in [-0.2, 0) is 9.47 Å². The van der Waals surface area contributed by atoms with Crippen molar-refractivity contribution in [2.75, 3.05) is 13.7 Å². The largest absolute Gasteiger partial charge is 0.464 e. The molecule has 1 aromatic heterocycles. The smallest absolute Gasteiger partial charge is 0.356 e. The molecule has 5 heteroatoms. The summed E-state index contributed by atoms with van der Waals surface area (Å²) in [5.41, 5.74) is 0.342. The average Bonchev–Trinajstić information content (AvgIpc) is 2.66. The zero-order chi connectivity index (χ0) is 10.6. The number of imidazole rings is 1. The molecule has 0 bridgehead atoms. The molecule has 0 amide bonds. The van der Waals surface area contributed by atoms with Gasteiger partial charge in [0.1, 0.15) is 17.6 Å². The van der Waals surface area contributed by atoms with Crippen molar-refractivity contribution < 1.29 is 14.3 Å². The number of ether oxygens (including phenoxy) is 2. The van der Waals surface area contributed by atoms with E-state index in [1.165, 1.54) is 13.3 Å². The molecule has 1 heterocycles. The SMILES string of the molecule is CCOC(C)c1ncc(C(=O)OC)[nH]1. The van der Waals surface area contributed by atoms with Crippen molar-refractivity contribution in [3.63, 3.8) is 0 Å². The highest BCUT2D eigenvalue weighted by Gasteiger charge is 2.13. The normalized spacial score (nSPS) is 12.5. The van der Waals surface area contributed by atoms with Gasteiger partial charge in [-0.25, -0.2) is 9.78 Å². The lowest BCUT2D eigenvalue weighted by atomic mass is 10.4. The van der Waals surface area contributed by atoms with Crippen LogP contribution in [0.3, 0.4) is 0 Å². The number of aromatic nitrogens is 2. The summed E-state index contributed by atoms with van der Waals surface area (Å²) in [5, 5.41) is 0. The summed E-state index contributed by atoms with van der Waals surface area (Å²) in [6, 6.07) is 0. The molecule has 1 aromatic rings. The monoisotopic (exact) mass is 198 g/mol. The van der Waals surface area contributed by atoms with Gasteiger partial charge in [-0.2, -0.15) is 0 Å². The molecule has 0 fully saturated rings. The third-order valence-corrected chi connectivity index (χ3v) is 1.80. The van der Waals surface area contributed by atoms with Crippen LogP contribution in [0.25, 0.3) is 0 Å². The Labute approximate surface area is 82.4 Å². The number of carbonyl (C=O) groups is 1. The number of aromatic amines is 1. The van der Waals surface area contributed by atoms with E-state index in [1.807, 2.05) is 13.8 Å². The van der Waals surface area contributed by atoms with E-state index >= 15 is 0 Å². The summed E-state index contributed by atoms with van der Waals surface area (Å²) >= 11 is 0. The second-order valence-corrected chi connectivity index (χ2v) is 2.77. The molecule has 0 spiro atoms. The molecule has 1 atom stereocenters. The second-order valence-electron chi connectivity index (χ2n) is 2.77. The molecule has 0 radical (unpaired) electrons. The maximum atomic E-state index is 11.1. The van der Waals surface area contributed by atoms with Crippen LogP contribution in [0, 0.1) is 0 Å². The Morgan fingerprint density at radius 2 is 2.43 bits per heavy atom. The van der Waals surface area contributed by atoms with Gasteiger partial charge in [0.15, 0.2) is 0 Å². The first-order chi connectivity index (χ1) is 6.69. The minimum atomic E-state index is -0.424. The third kappa shape index (κ3) is 2.32. The highest BCUT2D eigenvalue weighted by molar-refractivity contribution is 5.86.